The van der Waals surface area contributed by atoms with Crippen LogP contribution >= 0.6 is 0 Å². The summed E-state index contributed by atoms with van der Waals surface area (Å²) in [4.78, 5) is 0. The highest BCUT2D eigenvalue weighted by molar-refractivity contribution is 6.95. The summed E-state index contributed by atoms with van der Waals surface area (Å²) in [6.07, 6.45) is 0. The lowest BCUT2D eigenvalue weighted by atomic mass is 9.35. The summed E-state index contributed by atoms with van der Waals surface area (Å²) in [5, 5.41) is 0. The molecule has 0 amide bonds. The molecule has 3 rings (SSSR count). The molecular formula is C21H13BF8. The fourth-order valence-corrected chi connectivity index (χ4v) is 3.36. The minimum atomic E-state index is -2.48. The highest BCUT2D eigenvalue weighted by Crippen LogP contribution is 2.18. The Kier molecular flexibility index (Phi) is 5.67. The lowest BCUT2D eigenvalue weighted by molar-refractivity contribution is 0.494. The van der Waals surface area contributed by atoms with Crippen LogP contribution in [-0.2, 0) is 0 Å². The first kappa shape index (κ1) is 21.9. The standard InChI is InChI=1S/C21H13BF8/c1-8-4-5-11(23)14(17(8)26)22(15-12(24)6-9(2)18(27)20(15)29)16-13(25)7-10(3)19(28)21(16)30/h4-7H,1-3H3. The summed E-state index contributed by atoms with van der Waals surface area (Å²) in [6.45, 7) is 0.761. The third-order valence-electron chi connectivity index (χ3n) is 4.94. The van der Waals surface area contributed by atoms with Gasteiger partial charge in [-0.1, -0.05) is 6.07 Å². The zero-order valence-electron chi connectivity index (χ0n) is 15.9. The average Bonchev–Trinajstić information content (AvgIpc) is 2.67. The topological polar surface area (TPSA) is 0 Å². The van der Waals surface area contributed by atoms with E-state index >= 15 is 0 Å². The van der Waals surface area contributed by atoms with Crippen LogP contribution in [0.5, 0.6) is 0 Å². The van der Waals surface area contributed by atoms with E-state index in [9.17, 15) is 35.1 Å². The maximum absolute atomic E-state index is 14.9. The van der Waals surface area contributed by atoms with Crippen molar-refractivity contribution in [3.8, 4) is 0 Å². The molecule has 0 bridgehead atoms. The molecule has 3 aromatic rings. The van der Waals surface area contributed by atoms with E-state index in [1.165, 1.54) is 6.92 Å². The Hall–Kier alpha value is -2.84. The van der Waals surface area contributed by atoms with Gasteiger partial charge in [0.05, 0.1) is 0 Å². The first-order chi connectivity index (χ1) is 14.0. The van der Waals surface area contributed by atoms with Crippen molar-refractivity contribution in [3.63, 3.8) is 0 Å². The van der Waals surface area contributed by atoms with Crippen LogP contribution in [0.25, 0.3) is 0 Å². The fraction of sp³-hybridized carbons (Fsp3) is 0.143. The Morgan fingerprint density at radius 3 is 1.30 bits per heavy atom. The van der Waals surface area contributed by atoms with Gasteiger partial charge in [-0.05, 0) is 55.7 Å². The number of benzene rings is 3. The molecular weight excluding hydrogens is 415 g/mol. The van der Waals surface area contributed by atoms with Gasteiger partial charge in [-0.15, -0.1) is 0 Å². The van der Waals surface area contributed by atoms with Gasteiger partial charge < -0.3 is 0 Å². The van der Waals surface area contributed by atoms with Crippen LogP contribution in [0.2, 0.25) is 0 Å². The minimum Gasteiger partial charge on any atom is -0.207 e. The molecule has 0 aromatic heterocycles. The molecule has 30 heavy (non-hydrogen) atoms. The summed E-state index contributed by atoms with van der Waals surface area (Å²) in [5.74, 6) is -12.7. The van der Waals surface area contributed by atoms with Crippen LogP contribution in [-0.4, -0.2) is 6.71 Å². The summed E-state index contributed by atoms with van der Waals surface area (Å²) in [5.41, 5.74) is -5.00. The van der Waals surface area contributed by atoms with Crippen molar-refractivity contribution in [2.45, 2.75) is 20.8 Å². The number of aryl methyl sites for hydroxylation is 3. The molecule has 0 N–H and O–H groups in total. The number of halogens is 8. The molecule has 3 aromatic carbocycles. The van der Waals surface area contributed by atoms with Gasteiger partial charge in [0.15, 0.2) is 23.3 Å². The minimum absolute atomic E-state index is 0.210. The molecule has 0 saturated heterocycles. The van der Waals surface area contributed by atoms with Gasteiger partial charge in [-0.2, -0.15) is 0 Å². The molecule has 0 aliphatic rings. The third kappa shape index (κ3) is 3.36. The van der Waals surface area contributed by atoms with Crippen LogP contribution in [0.1, 0.15) is 16.7 Å². The zero-order chi connectivity index (χ0) is 22.5. The monoisotopic (exact) mass is 428 g/mol. The van der Waals surface area contributed by atoms with Crippen LogP contribution in [0, 0.1) is 67.3 Å². The summed E-state index contributed by atoms with van der Waals surface area (Å²) >= 11 is 0. The fourth-order valence-electron chi connectivity index (χ4n) is 3.36. The molecule has 0 nitrogen and oxygen atoms in total. The molecule has 156 valence electrons. The highest BCUT2D eigenvalue weighted by Gasteiger charge is 2.39. The number of hydrogen-bond donors (Lipinski definition) is 0. The van der Waals surface area contributed by atoms with E-state index in [1.54, 1.807) is 0 Å². The molecule has 0 spiro atoms. The Morgan fingerprint density at radius 2 is 0.867 bits per heavy atom. The molecule has 0 unspecified atom stereocenters. The van der Waals surface area contributed by atoms with Crippen molar-refractivity contribution in [3.05, 3.63) is 87.5 Å². The number of rotatable bonds is 3. The van der Waals surface area contributed by atoms with Crippen LogP contribution in [0.4, 0.5) is 35.1 Å². The lowest BCUT2D eigenvalue weighted by Crippen LogP contribution is -2.59. The Morgan fingerprint density at radius 1 is 0.467 bits per heavy atom. The Balaban J connectivity index is 2.54. The predicted octanol–water partition coefficient (Wildman–Crippen LogP) is 4.24. The summed E-state index contributed by atoms with van der Waals surface area (Å²) < 4.78 is 117. The second-order valence-corrected chi connectivity index (χ2v) is 6.96. The van der Waals surface area contributed by atoms with Crippen molar-refractivity contribution in [2.24, 2.45) is 0 Å². The summed E-state index contributed by atoms with van der Waals surface area (Å²) in [6, 6.07) is 2.76. The second-order valence-electron chi connectivity index (χ2n) is 6.96. The largest absolute Gasteiger partial charge is 0.264 e. The molecule has 0 radical (unpaired) electrons. The van der Waals surface area contributed by atoms with Gasteiger partial charge >= 0.3 is 0 Å². The Labute approximate surface area is 167 Å². The molecule has 0 heterocycles. The number of hydrogen-bond acceptors (Lipinski definition) is 0. The molecule has 0 aliphatic carbocycles. The summed E-state index contributed by atoms with van der Waals surface area (Å²) in [7, 11) is 0. The van der Waals surface area contributed by atoms with Gasteiger partial charge in [0.25, 0.3) is 6.71 Å². The molecule has 0 fully saturated rings. The van der Waals surface area contributed by atoms with Crippen LogP contribution < -0.4 is 16.4 Å². The van der Waals surface area contributed by atoms with Gasteiger partial charge in [-0.3, -0.25) is 0 Å². The van der Waals surface area contributed by atoms with E-state index in [-0.39, 0.29) is 5.56 Å². The van der Waals surface area contributed by atoms with Crippen molar-refractivity contribution >= 4 is 23.1 Å². The average molecular weight is 428 g/mol. The molecule has 0 aliphatic heterocycles. The van der Waals surface area contributed by atoms with Crippen LogP contribution in [0.3, 0.4) is 0 Å². The maximum Gasteiger partial charge on any atom is 0.264 e. The van der Waals surface area contributed by atoms with Crippen molar-refractivity contribution in [2.75, 3.05) is 0 Å². The van der Waals surface area contributed by atoms with E-state index in [0.29, 0.717) is 12.1 Å². The van der Waals surface area contributed by atoms with Gasteiger partial charge in [-0.25, -0.2) is 35.1 Å². The van der Waals surface area contributed by atoms with E-state index in [1.807, 2.05) is 0 Å². The van der Waals surface area contributed by atoms with E-state index in [4.69, 9.17) is 0 Å². The van der Waals surface area contributed by atoms with Crippen molar-refractivity contribution < 1.29 is 35.1 Å². The lowest BCUT2D eigenvalue weighted by Gasteiger charge is -2.21. The zero-order valence-corrected chi connectivity index (χ0v) is 15.9. The SMILES string of the molecule is Cc1cc(F)c(B(c2c(F)ccc(C)c2F)c2c(F)cc(C)c(F)c2F)c(F)c1F. The smallest absolute Gasteiger partial charge is 0.207 e. The normalized spacial score (nSPS) is 11.2. The predicted molar refractivity (Wildman–Crippen MR) is 97.9 cm³/mol. The van der Waals surface area contributed by atoms with E-state index in [2.05, 4.69) is 0 Å². The van der Waals surface area contributed by atoms with E-state index in [0.717, 1.165) is 26.0 Å². The Bertz CT molecular complexity index is 1110. The second kappa shape index (κ2) is 7.77. The molecule has 9 heteroatoms. The van der Waals surface area contributed by atoms with Crippen molar-refractivity contribution in [1.82, 2.24) is 0 Å². The highest BCUT2D eigenvalue weighted by atomic mass is 19.2. The van der Waals surface area contributed by atoms with Gasteiger partial charge in [0, 0.05) is 16.4 Å². The van der Waals surface area contributed by atoms with Crippen molar-refractivity contribution in [1.29, 1.82) is 0 Å². The molecule has 0 atom stereocenters. The molecule has 0 saturated carbocycles. The van der Waals surface area contributed by atoms with E-state index < -0.39 is 80.8 Å². The van der Waals surface area contributed by atoms with Gasteiger partial charge in [0.1, 0.15) is 23.3 Å². The van der Waals surface area contributed by atoms with Gasteiger partial charge in [0.2, 0.25) is 0 Å². The maximum atomic E-state index is 14.9. The first-order valence-corrected chi connectivity index (χ1v) is 8.69. The quantitative estimate of drug-likeness (QED) is 0.333. The van der Waals surface area contributed by atoms with Crippen LogP contribution in [0.15, 0.2) is 24.3 Å². The third-order valence-corrected chi connectivity index (χ3v) is 4.94. The first-order valence-electron chi connectivity index (χ1n) is 8.69.